The highest BCUT2D eigenvalue weighted by Gasteiger charge is 2.13. The van der Waals surface area contributed by atoms with Crippen LogP contribution in [-0.2, 0) is 12.8 Å². The lowest BCUT2D eigenvalue weighted by molar-refractivity contribution is 0.255. The Morgan fingerprint density at radius 2 is 1.90 bits per heavy atom. The smallest absolute Gasteiger partial charge is 0.224 e. The zero-order chi connectivity index (χ0) is 15.4. The van der Waals surface area contributed by atoms with Gasteiger partial charge in [-0.15, -0.1) is 0 Å². The molecule has 0 atom stereocenters. The van der Waals surface area contributed by atoms with Crippen molar-refractivity contribution in [1.82, 2.24) is 14.9 Å². The highest BCUT2D eigenvalue weighted by molar-refractivity contribution is 5.84. The summed E-state index contributed by atoms with van der Waals surface area (Å²) in [7, 11) is 3.96. The molecule has 114 valence electrons. The van der Waals surface area contributed by atoms with E-state index in [1.807, 2.05) is 38.9 Å². The van der Waals surface area contributed by atoms with Gasteiger partial charge in [-0.1, -0.05) is 13.8 Å². The van der Waals surface area contributed by atoms with Crippen LogP contribution in [0.2, 0.25) is 0 Å². The molecule has 0 aliphatic heterocycles. The first kappa shape index (κ1) is 15.6. The Labute approximate surface area is 125 Å². The van der Waals surface area contributed by atoms with Gasteiger partial charge in [0.05, 0.1) is 5.39 Å². The Morgan fingerprint density at radius 1 is 1.14 bits per heavy atom. The second-order valence-corrected chi connectivity index (χ2v) is 5.28. The molecule has 4 nitrogen and oxygen atoms in total. The van der Waals surface area contributed by atoms with Crippen molar-refractivity contribution in [2.75, 3.05) is 27.2 Å². The Balaban J connectivity index is 2.46. The third-order valence-electron chi connectivity index (χ3n) is 3.33. The third-order valence-corrected chi connectivity index (χ3v) is 3.33. The molecular weight excluding hydrogens is 269 g/mol. The molecule has 0 aliphatic rings. The lowest BCUT2D eigenvalue weighted by Crippen LogP contribution is -2.20. The van der Waals surface area contributed by atoms with Crippen molar-refractivity contribution in [3.8, 4) is 5.88 Å². The lowest BCUT2D eigenvalue weighted by Gasteiger charge is -2.13. The van der Waals surface area contributed by atoms with Crippen molar-refractivity contribution < 1.29 is 9.13 Å². The zero-order valence-corrected chi connectivity index (χ0v) is 13.1. The monoisotopic (exact) mass is 291 g/mol. The number of aromatic nitrogens is 2. The summed E-state index contributed by atoms with van der Waals surface area (Å²) in [5.74, 6) is 0.775. The molecule has 21 heavy (non-hydrogen) atoms. The van der Waals surface area contributed by atoms with Crippen LogP contribution in [-0.4, -0.2) is 42.1 Å². The Morgan fingerprint density at radius 3 is 2.52 bits per heavy atom. The number of likely N-dealkylation sites (N-methyl/N-ethyl adjacent to an activating group) is 1. The van der Waals surface area contributed by atoms with Gasteiger partial charge in [-0.05, 0) is 38.2 Å². The van der Waals surface area contributed by atoms with Gasteiger partial charge < -0.3 is 9.64 Å². The molecule has 5 heteroatoms. The number of benzene rings is 1. The Kier molecular flexibility index (Phi) is 5.07. The van der Waals surface area contributed by atoms with Gasteiger partial charge in [0.15, 0.2) is 0 Å². The minimum Gasteiger partial charge on any atom is -0.476 e. The Hall–Kier alpha value is -1.75. The first-order chi connectivity index (χ1) is 10.0. The van der Waals surface area contributed by atoms with Crippen molar-refractivity contribution >= 4 is 10.9 Å². The molecular formula is C16H22FN3O. The number of nitrogens with zero attached hydrogens (tertiary/aromatic N) is 3. The topological polar surface area (TPSA) is 38.3 Å². The number of halogens is 1. The standard InChI is InChI=1S/C16H22FN3O/c1-5-11-9-12-15(13(17)10-11)18-14(6-2)19-16(12)21-8-7-20(3)4/h9-10H,5-8H2,1-4H3. The van der Waals surface area contributed by atoms with Crippen LogP contribution in [0.5, 0.6) is 5.88 Å². The molecule has 0 fully saturated rings. The van der Waals surface area contributed by atoms with E-state index in [1.54, 1.807) is 6.07 Å². The molecule has 0 radical (unpaired) electrons. The minimum atomic E-state index is -0.307. The van der Waals surface area contributed by atoms with Crippen LogP contribution in [0.1, 0.15) is 25.2 Å². The van der Waals surface area contributed by atoms with Crippen molar-refractivity contribution in [2.24, 2.45) is 0 Å². The predicted molar refractivity (Wildman–Crippen MR) is 82.3 cm³/mol. The number of fused-ring (bicyclic) bond motifs is 1. The van der Waals surface area contributed by atoms with E-state index in [-0.39, 0.29) is 5.82 Å². The fraction of sp³-hybridized carbons (Fsp3) is 0.500. The third kappa shape index (κ3) is 3.67. The SMILES string of the molecule is CCc1cc(F)c2nc(CC)nc(OCCN(C)C)c2c1. The van der Waals surface area contributed by atoms with Gasteiger partial charge in [0, 0.05) is 13.0 Å². The quantitative estimate of drug-likeness (QED) is 0.820. The normalized spacial score (nSPS) is 11.3. The molecule has 1 aromatic carbocycles. The van der Waals surface area contributed by atoms with Gasteiger partial charge in [0.2, 0.25) is 5.88 Å². The van der Waals surface area contributed by atoms with Crippen LogP contribution in [0, 0.1) is 5.82 Å². The number of aryl methyl sites for hydroxylation is 2. The van der Waals surface area contributed by atoms with Crippen molar-refractivity contribution in [1.29, 1.82) is 0 Å². The van der Waals surface area contributed by atoms with E-state index in [0.717, 1.165) is 18.5 Å². The number of rotatable bonds is 6. The molecule has 0 saturated carbocycles. The van der Waals surface area contributed by atoms with E-state index in [2.05, 4.69) is 9.97 Å². The van der Waals surface area contributed by atoms with E-state index < -0.39 is 0 Å². The van der Waals surface area contributed by atoms with Crippen molar-refractivity contribution in [3.63, 3.8) is 0 Å². The highest BCUT2D eigenvalue weighted by Crippen LogP contribution is 2.26. The van der Waals surface area contributed by atoms with E-state index in [1.165, 1.54) is 0 Å². The van der Waals surface area contributed by atoms with Gasteiger partial charge in [0.1, 0.15) is 23.8 Å². The maximum absolute atomic E-state index is 14.2. The van der Waals surface area contributed by atoms with Crippen LogP contribution in [0.15, 0.2) is 12.1 Å². The maximum atomic E-state index is 14.2. The van der Waals surface area contributed by atoms with Gasteiger partial charge in [-0.2, -0.15) is 4.98 Å². The number of hydrogen-bond donors (Lipinski definition) is 0. The summed E-state index contributed by atoms with van der Waals surface area (Å²) in [6, 6.07) is 3.46. The van der Waals surface area contributed by atoms with Crippen molar-refractivity contribution in [2.45, 2.75) is 26.7 Å². The minimum absolute atomic E-state index is 0.307. The molecule has 0 spiro atoms. The van der Waals surface area contributed by atoms with E-state index in [4.69, 9.17) is 4.74 Å². The predicted octanol–water partition coefficient (Wildman–Crippen LogP) is 2.83. The second kappa shape index (κ2) is 6.80. The van der Waals surface area contributed by atoms with Gasteiger partial charge in [-0.3, -0.25) is 0 Å². The molecule has 0 bridgehead atoms. The summed E-state index contributed by atoms with van der Waals surface area (Å²) in [5, 5.41) is 0.655. The fourth-order valence-electron chi connectivity index (χ4n) is 2.06. The fourth-order valence-corrected chi connectivity index (χ4v) is 2.06. The molecule has 2 rings (SSSR count). The van der Waals surface area contributed by atoms with Crippen molar-refractivity contribution in [3.05, 3.63) is 29.3 Å². The maximum Gasteiger partial charge on any atom is 0.224 e. The largest absolute Gasteiger partial charge is 0.476 e. The second-order valence-electron chi connectivity index (χ2n) is 5.28. The lowest BCUT2D eigenvalue weighted by atomic mass is 10.1. The van der Waals surface area contributed by atoms with Gasteiger partial charge >= 0.3 is 0 Å². The summed E-state index contributed by atoms with van der Waals surface area (Å²) >= 11 is 0. The average Bonchev–Trinajstić information content (AvgIpc) is 2.46. The van der Waals surface area contributed by atoms with Crippen LogP contribution in [0.4, 0.5) is 4.39 Å². The molecule has 2 aromatic rings. The highest BCUT2D eigenvalue weighted by atomic mass is 19.1. The summed E-state index contributed by atoms with van der Waals surface area (Å²) in [5.41, 5.74) is 1.27. The summed E-state index contributed by atoms with van der Waals surface area (Å²) in [6.45, 7) is 5.24. The molecule has 1 heterocycles. The van der Waals surface area contributed by atoms with Gasteiger partial charge in [0.25, 0.3) is 0 Å². The molecule has 1 aromatic heterocycles. The van der Waals surface area contributed by atoms with E-state index in [0.29, 0.717) is 35.6 Å². The van der Waals surface area contributed by atoms with Crippen LogP contribution in [0.3, 0.4) is 0 Å². The van der Waals surface area contributed by atoms with Gasteiger partial charge in [-0.25, -0.2) is 9.37 Å². The summed E-state index contributed by atoms with van der Waals surface area (Å²) < 4.78 is 20.0. The Bertz CT molecular complexity index is 628. The van der Waals surface area contributed by atoms with Crippen LogP contribution < -0.4 is 4.74 Å². The molecule has 0 amide bonds. The average molecular weight is 291 g/mol. The summed E-state index contributed by atoms with van der Waals surface area (Å²) in [4.78, 5) is 10.7. The van der Waals surface area contributed by atoms with Crippen LogP contribution >= 0.6 is 0 Å². The zero-order valence-electron chi connectivity index (χ0n) is 13.1. The number of hydrogen-bond acceptors (Lipinski definition) is 4. The number of ether oxygens (including phenoxy) is 1. The van der Waals surface area contributed by atoms with E-state index in [9.17, 15) is 4.39 Å². The molecule has 0 N–H and O–H groups in total. The first-order valence-electron chi connectivity index (χ1n) is 7.31. The summed E-state index contributed by atoms with van der Waals surface area (Å²) in [6.07, 6.45) is 1.41. The molecule has 0 saturated heterocycles. The first-order valence-corrected chi connectivity index (χ1v) is 7.31. The molecule has 0 unspecified atom stereocenters. The van der Waals surface area contributed by atoms with E-state index >= 15 is 0 Å². The molecule has 0 aliphatic carbocycles. The van der Waals surface area contributed by atoms with Crippen LogP contribution in [0.25, 0.3) is 10.9 Å².